The second-order valence-corrected chi connectivity index (χ2v) is 11.1. The highest BCUT2D eigenvalue weighted by Crippen LogP contribution is 2.58. The Kier molecular flexibility index (Phi) is 7.68. The largest absolute Gasteiger partial charge is 0.490 e. The van der Waals surface area contributed by atoms with E-state index in [4.69, 9.17) is 20.5 Å². The minimum atomic E-state index is -1.71. The maximum absolute atomic E-state index is 10.4. The molecule has 1 aromatic rings. The fourth-order valence-electron chi connectivity index (χ4n) is 5.25. The maximum Gasteiger partial charge on any atom is 0.191 e. The number of nitrogens with zero attached hydrogens (tertiary/aromatic N) is 4. The van der Waals surface area contributed by atoms with Crippen molar-refractivity contribution in [2.45, 2.75) is 46.5 Å². The zero-order valence-corrected chi connectivity index (χ0v) is 22.5. The lowest BCUT2D eigenvalue weighted by Gasteiger charge is -2.47. The summed E-state index contributed by atoms with van der Waals surface area (Å²) in [6, 6.07) is 12.2. The third kappa shape index (κ3) is 4.56. The molecule has 0 unspecified atom stereocenters. The van der Waals surface area contributed by atoms with Crippen LogP contribution in [0, 0.1) is 71.6 Å². The van der Waals surface area contributed by atoms with Gasteiger partial charge in [0, 0.05) is 5.92 Å². The van der Waals surface area contributed by atoms with E-state index in [9.17, 15) is 15.8 Å². The number of hydrogen-bond acceptors (Lipinski definition) is 7. The number of rotatable bonds is 5. The highest BCUT2D eigenvalue weighted by molar-refractivity contribution is 14.1. The van der Waals surface area contributed by atoms with Crippen LogP contribution in [0.4, 0.5) is 0 Å². The molecule has 0 bridgehead atoms. The standard InChI is InChI=1S/C27H28IN5O2/c1-5-34-22-11-16(10-21(28)24(22)35-9-8-29)23-19-12-17(26(2,3)4)6-7-18(19)20(13-30)25(33)27(23,14-31)15-32/h7,10-11,17,19,23H,5-6,9,12,33H2,1-4H3/t17-,19-,23+/m0/s1. The van der Waals surface area contributed by atoms with Gasteiger partial charge < -0.3 is 15.2 Å². The summed E-state index contributed by atoms with van der Waals surface area (Å²) in [5.74, 6) is 0.337. The van der Waals surface area contributed by atoms with Gasteiger partial charge in [0.15, 0.2) is 23.5 Å². The van der Waals surface area contributed by atoms with Gasteiger partial charge >= 0.3 is 0 Å². The molecule has 0 amide bonds. The zero-order valence-electron chi connectivity index (χ0n) is 20.4. The number of nitrogens with two attached hydrogens (primary N) is 1. The van der Waals surface area contributed by atoms with E-state index in [1.54, 1.807) is 6.07 Å². The normalized spacial score (nSPS) is 23.0. The molecule has 0 aliphatic heterocycles. The summed E-state index contributed by atoms with van der Waals surface area (Å²) >= 11 is 2.11. The molecule has 0 aromatic heterocycles. The highest BCUT2D eigenvalue weighted by atomic mass is 127. The summed E-state index contributed by atoms with van der Waals surface area (Å²) < 4.78 is 12.2. The molecule has 2 N–H and O–H groups in total. The minimum absolute atomic E-state index is 0.00415. The van der Waals surface area contributed by atoms with Crippen molar-refractivity contribution in [3.63, 3.8) is 0 Å². The molecule has 8 heteroatoms. The van der Waals surface area contributed by atoms with Crippen LogP contribution < -0.4 is 15.2 Å². The second kappa shape index (κ2) is 10.2. The zero-order chi connectivity index (χ0) is 26.0. The highest BCUT2D eigenvalue weighted by Gasteiger charge is 2.55. The van der Waals surface area contributed by atoms with E-state index in [-0.39, 0.29) is 29.2 Å². The van der Waals surface area contributed by atoms with Crippen LogP contribution >= 0.6 is 22.6 Å². The number of benzene rings is 1. The first-order valence-electron chi connectivity index (χ1n) is 11.5. The van der Waals surface area contributed by atoms with Gasteiger partial charge in [-0.15, -0.1) is 0 Å². The fourth-order valence-corrected chi connectivity index (χ4v) is 6.03. The van der Waals surface area contributed by atoms with E-state index in [0.29, 0.717) is 27.6 Å². The summed E-state index contributed by atoms with van der Waals surface area (Å²) in [7, 11) is 0. The molecule has 2 aliphatic rings. The van der Waals surface area contributed by atoms with Crippen molar-refractivity contribution in [2.24, 2.45) is 28.4 Å². The number of hydrogen-bond donors (Lipinski definition) is 1. The second-order valence-electron chi connectivity index (χ2n) is 9.92. The molecular weight excluding hydrogens is 553 g/mol. The van der Waals surface area contributed by atoms with Gasteiger partial charge in [-0.2, -0.15) is 21.0 Å². The van der Waals surface area contributed by atoms with Gasteiger partial charge in [-0.25, -0.2) is 0 Å². The number of ether oxygens (including phenoxy) is 2. The van der Waals surface area contributed by atoms with Gasteiger partial charge in [-0.05, 0) is 82.9 Å². The van der Waals surface area contributed by atoms with Gasteiger partial charge in [0.05, 0.1) is 33.6 Å². The molecule has 1 aromatic carbocycles. The lowest BCUT2D eigenvalue weighted by molar-refractivity contribution is 0.170. The number of nitriles is 4. The first-order valence-corrected chi connectivity index (χ1v) is 12.6. The van der Waals surface area contributed by atoms with Crippen molar-refractivity contribution < 1.29 is 9.47 Å². The summed E-state index contributed by atoms with van der Waals surface area (Å²) in [5, 5.41) is 39.7. The van der Waals surface area contributed by atoms with Crippen molar-refractivity contribution in [3.05, 3.63) is 44.2 Å². The molecular formula is C27H28IN5O2. The van der Waals surface area contributed by atoms with Crippen LogP contribution in [0.15, 0.2) is 35.1 Å². The van der Waals surface area contributed by atoms with E-state index < -0.39 is 11.3 Å². The maximum atomic E-state index is 10.4. The van der Waals surface area contributed by atoms with Crippen LogP contribution in [-0.2, 0) is 0 Å². The molecule has 0 radical (unpaired) electrons. The third-order valence-electron chi connectivity index (χ3n) is 7.07. The fraction of sp³-hybridized carbons (Fsp3) is 0.481. The Hall–Kier alpha value is -3.21. The Balaban J connectivity index is 2.32. The van der Waals surface area contributed by atoms with Crippen LogP contribution in [-0.4, -0.2) is 13.2 Å². The lowest BCUT2D eigenvalue weighted by Crippen LogP contribution is -2.44. The van der Waals surface area contributed by atoms with E-state index in [0.717, 1.165) is 24.0 Å². The predicted molar refractivity (Wildman–Crippen MR) is 138 cm³/mol. The molecule has 0 fully saturated rings. The van der Waals surface area contributed by atoms with Gasteiger partial charge in [0.1, 0.15) is 12.1 Å². The van der Waals surface area contributed by atoms with Crippen LogP contribution in [0.25, 0.3) is 0 Å². The number of allylic oxidation sites excluding steroid dienone is 4. The predicted octanol–water partition coefficient (Wildman–Crippen LogP) is 5.46. The van der Waals surface area contributed by atoms with Gasteiger partial charge in [-0.1, -0.05) is 26.8 Å². The average Bonchev–Trinajstić information content (AvgIpc) is 2.82. The minimum Gasteiger partial charge on any atom is -0.490 e. The number of fused-ring (bicyclic) bond motifs is 1. The molecule has 7 nitrogen and oxygen atoms in total. The van der Waals surface area contributed by atoms with Crippen LogP contribution in [0.1, 0.15) is 52.0 Å². The first kappa shape index (κ1) is 26.4. The summed E-state index contributed by atoms with van der Waals surface area (Å²) in [4.78, 5) is 0. The topological polar surface area (TPSA) is 140 Å². The van der Waals surface area contributed by atoms with Gasteiger partial charge in [0.25, 0.3) is 0 Å². The molecule has 0 saturated carbocycles. The van der Waals surface area contributed by atoms with E-state index >= 15 is 0 Å². The molecule has 2 aliphatic carbocycles. The van der Waals surface area contributed by atoms with Crippen LogP contribution in [0.3, 0.4) is 0 Å². The Morgan fingerprint density at radius 1 is 1.14 bits per heavy atom. The Morgan fingerprint density at radius 3 is 2.37 bits per heavy atom. The van der Waals surface area contributed by atoms with E-state index in [1.807, 2.05) is 19.1 Å². The van der Waals surface area contributed by atoms with Crippen LogP contribution in [0.2, 0.25) is 0 Å². The SMILES string of the molecule is CCOc1cc([C@@H]2[C@H]3C[C@@H](C(C)(C)C)CC=C3C(C#N)=C(N)C2(C#N)C#N)cc(I)c1OCC#N. The van der Waals surface area contributed by atoms with Crippen molar-refractivity contribution >= 4 is 22.6 Å². The average molecular weight is 581 g/mol. The van der Waals surface area contributed by atoms with Crippen molar-refractivity contribution in [1.29, 1.82) is 21.0 Å². The molecule has 0 heterocycles. The summed E-state index contributed by atoms with van der Waals surface area (Å²) in [6.45, 7) is 8.63. The molecule has 180 valence electrons. The molecule has 0 spiro atoms. The molecule has 0 saturated heterocycles. The van der Waals surface area contributed by atoms with Crippen molar-refractivity contribution in [1.82, 2.24) is 0 Å². The van der Waals surface area contributed by atoms with Gasteiger partial charge in [0.2, 0.25) is 0 Å². The summed E-state index contributed by atoms with van der Waals surface area (Å²) in [5.41, 5.74) is 6.53. The van der Waals surface area contributed by atoms with Crippen molar-refractivity contribution in [3.8, 4) is 35.8 Å². The molecule has 3 atom stereocenters. The van der Waals surface area contributed by atoms with Crippen molar-refractivity contribution in [2.75, 3.05) is 13.2 Å². The monoisotopic (exact) mass is 581 g/mol. The third-order valence-corrected chi connectivity index (χ3v) is 7.87. The first-order chi connectivity index (χ1) is 16.6. The number of halogens is 1. The van der Waals surface area contributed by atoms with Crippen LogP contribution in [0.5, 0.6) is 11.5 Å². The van der Waals surface area contributed by atoms with Gasteiger partial charge in [-0.3, -0.25) is 0 Å². The Bertz CT molecular complexity index is 1230. The Labute approximate surface area is 220 Å². The quantitative estimate of drug-likeness (QED) is 0.456. The molecule has 35 heavy (non-hydrogen) atoms. The lowest BCUT2D eigenvalue weighted by atomic mass is 9.54. The van der Waals surface area contributed by atoms with E-state index in [2.05, 4.69) is 67.6 Å². The smallest absolute Gasteiger partial charge is 0.191 e. The Morgan fingerprint density at radius 2 is 1.83 bits per heavy atom. The molecule has 3 rings (SSSR count). The van der Waals surface area contributed by atoms with E-state index in [1.165, 1.54) is 0 Å². The summed E-state index contributed by atoms with van der Waals surface area (Å²) in [6.07, 6.45) is 3.59.